The van der Waals surface area contributed by atoms with Crippen LogP contribution in [-0.4, -0.2) is 60.2 Å². The van der Waals surface area contributed by atoms with E-state index in [1.807, 2.05) is 20.2 Å². The molecule has 1 fully saturated rings. The lowest BCUT2D eigenvalue weighted by molar-refractivity contribution is 0.191. The Kier molecular flexibility index (Phi) is 4.01. The molecule has 1 aromatic heterocycles. The molecule has 1 aromatic rings. The Balaban J connectivity index is 2.16. The topological polar surface area (TPSA) is 89.5 Å². The number of pyridine rings is 1. The van der Waals surface area contributed by atoms with Gasteiger partial charge in [0.2, 0.25) is 0 Å². The van der Waals surface area contributed by atoms with Gasteiger partial charge in [0.05, 0.1) is 18.0 Å². The van der Waals surface area contributed by atoms with E-state index in [2.05, 4.69) is 14.8 Å². The zero-order valence-corrected chi connectivity index (χ0v) is 11.4. The lowest BCUT2D eigenvalue weighted by Gasteiger charge is -2.28. The van der Waals surface area contributed by atoms with Crippen molar-refractivity contribution in [3.8, 4) is 0 Å². The minimum atomic E-state index is -0.294. The molecule has 1 aliphatic rings. The highest BCUT2D eigenvalue weighted by molar-refractivity contribution is 5.93. The molecule has 1 aliphatic heterocycles. The molecule has 0 bridgehead atoms. The van der Waals surface area contributed by atoms with Crippen LogP contribution in [0.2, 0.25) is 0 Å². The van der Waals surface area contributed by atoms with Gasteiger partial charge in [-0.25, -0.2) is 0 Å². The number of aliphatic hydroxyl groups is 1. The second kappa shape index (κ2) is 5.54. The quantitative estimate of drug-likeness (QED) is 0.520. The number of rotatable bonds is 4. The van der Waals surface area contributed by atoms with Crippen LogP contribution in [0.15, 0.2) is 18.3 Å². The van der Waals surface area contributed by atoms with Gasteiger partial charge in [0.1, 0.15) is 11.5 Å². The van der Waals surface area contributed by atoms with Crippen molar-refractivity contribution in [1.82, 2.24) is 9.88 Å². The second-order valence-corrected chi connectivity index (χ2v) is 5.27. The number of aromatic nitrogens is 1. The molecule has 0 spiro atoms. The molecule has 6 nitrogen and oxygen atoms in total. The molecule has 0 saturated carbocycles. The summed E-state index contributed by atoms with van der Waals surface area (Å²) in [6, 6.07) is 3.94. The standard InChI is InChI=1S/C13H21N5O/c1-17(2)7-10-5-11(19)8-18(10)9-3-4-12(13(14)15)16-6-9/h3-4,6,10-11,19H,5,7-8H2,1-2H3,(H3,14,15). The van der Waals surface area contributed by atoms with Crippen molar-refractivity contribution in [1.29, 1.82) is 5.41 Å². The number of nitrogens with zero attached hydrogens (tertiary/aromatic N) is 3. The number of nitrogens with two attached hydrogens (primary N) is 1. The average Bonchev–Trinajstić information content (AvgIpc) is 2.69. The first-order chi connectivity index (χ1) is 8.97. The van der Waals surface area contributed by atoms with Crippen molar-refractivity contribution in [3.63, 3.8) is 0 Å². The van der Waals surface area contributed by atoms with E-state index in [1.54, 1.807) is 12.3 Å². The van der Waals surface area contributed by atoms with E-state index in [-0.39, 0.29) is 18.0 Å². The lowest BCUT2D eigenvalue weighted by atomic mass is 10.2. The Morgan fingerprint density at radius 2 is 2.32 bits per heavy atom. The van der Waals surface area contributed by atoms with Gasteiger partial charge >= 0.3 is 0 Å². The SMILES string of the molecule is CN(C)CC1CC(O)CN1c1ccc(C(=N)N)nc1. The largest absolute Gasteiger partial charge is 0.391 e. The van der Waals surface area contributed by atoms with E-state index in [4.69, 9.17) is 11.1 Å². The first-order valence-electron chi connectivity index (χ1n) is 6.37. The van der Waals surface area contributed by atoms with E-state index >= 15 is 0 Å². The van der Waals surface area contributed by atoms with Crippen LogP contribution >= 0.6 is 0 Å². The Morgan fingerprint density at radius 1 is 1.58 bits per heavy atom. The number of aliphatic hydroxyl groups excluding tert-OH is 1. The maximum absolute atomic E-state index is 9.85. The molecule has 1 saturated heterocycles. The molecule has 2 unspecified atom stereocenters. The monoisotopic (exact) mass is 263 g/mol. The Bertz CT molecular complexity index is 445. The summed E-state index contributed by atoms with van der Waals surface area (Å²) in [5, 5.41) is 17.2. The van der Waals surface area contributed by atoms with Crippen LogP contribution < -0.4 is 10.6 Å². The average molecular weight is 263 g/mol. The van der Waals surface area contributed by atoms with Gasteiger partial charge in [-0.2, -0.15) is 0 Å². The summed E-state index contributed by atoms with van der Waals surface area (Å²) >= 11 is 0. The minimum absolute atomic E-state index is 0.0298. The molecular formula is C13H21N5O. The molecule has 104 valence electrons. The van der Waals surface area contributed by atoms with E-state index in [0.717, 1.165) is 18.7 Å². The van der Waals surface area contributed by atoms with Gasteiger partial charge in [-0.05, 0) is 32.6 Å². The number of anilines is 1. The molecule has 2 rings (SSSR count). The van der Waals surface area contributed by atoms with Crippen LogP contribution in [0.1, 0.15) is 12.1 Å². The predicted octanol–water partition coefficient (Wildman–Crippen LogP) is -0.133. The number of hydrogen-bond acceptors (Lipinski definition) is 5. The van der Waals surface area contributed by atoms with E-state index in [9.17, 15) is 5.11 Å². The van der Waals surface area contributed by atoms with Crippen LogP contribution in [0, 0.1) is 5.41 Å². The highest BCUT2D eigenvalue weighted by Crippen LogP contribution is 2.25. The summed E-state index contributed by atoms with van der Waals surface area (Å²) in [6.07, 6.45) is 2.20. The normalized spacial score (nSPS) is 23.1. The minimum Gasteiger partial charge on any atom is -0.391 e. The van der Waals surface area contributed by atoms with Gasteiger partial charge in [-0.3, -0.25) is 10.4 Å². The number of nitrogen functional groups attached to an aromatic ring is 1. The van der Waals surface area contributed by atoms with Crippen molar-refractivity contribution >= 4 is 11.5 Å². The highest BCUT2D eigenvalue weighted by Gasteiger charge is 2.31. The molecular weight excluding hydrogens is 242 g/mol. The molecule has 0 amide bonds. The van der Waals surface area contributed by atoms with Crippen molar-refractivity contribution in [2.24, 2.45) is 5.73 Å². The van der Waals surface area contributed by atoms with Gasteiger partial charge in [-0.1, -0.05) is 0 Å². The Labute approximate surface area is 113 Å². The van der Waals surface area contributed by atoms with Gasteiger partial charge in [0, 0.05) is 19.1 Å². The van der Waals surface area contributed by atoms with E-state index in [1.165, 1.54) is 0 Å². The molecule has 6 heteroatoms. The van der Waals surface area contributed by atoms with Gasteiger partial charge in [0.25, 0.3) is 0 Å². The fraction of sp³-hybridized carbons (Fsp3) is 0.538. The van der Waals surface area contributed by atoms with Crippen LogP contribution in [0.5, 0.6) is 0 Å². The molecule has 0 aliphatic carbocycles. The summed E-state index contributed by atoms with van der Waals surface area (Å²) in [4.78, 5) is 8.46. The lowest BCUT2D eigenvalue weighted by Crippen LogP contribution is -2.37. The fourth-order valence-corrected chi connectivity index (χ4v) is 2.52. The third-order valence-corrected chi connectivity index (χ3v) is 3.32. The molecule has 2 heterocycles. The van der Waals surface area contributed by atoms with E-state index in [0.29, 0.717) is 12.2 Å². The maximum Gasteiger partial charge on any atom is 0.141 e. The smallest absolute Gasteiger partial charge is 0.141 e. The van der Waals surface area contributed by atoms with Gasteiger partial charge in [-0.15, -0.1) is 0 Å². The highest BCUT2D eigenvalue weighted by atomic mass is 16.3. The molecule has 0 radical (unpaired) electrons. The number of likely N-dealkylation sites (N-methyl/N-ethyl adjacent to an activating group) is 1. The summed E-state index contributed by atoms with van der Waals surface area (Å²) in [5.74, 6) is -0.0298. The first-order valence-corrected chi connectivity index (χ1v) is 6.37. The maximum atomic E-state index is 9.85. The summed E-state index contributed by atoms with van der Waals surface area (Å²) in [6.45, 7) is 1.52. The molecule has 2 atom stereocenters. The van der Waals surface area contributed by atoms with Crippen molar-refractivity contribution in [3.05, 3.63) is 24.0 Å². The zero-order valence-electron chi connectivity index (χ0n) is 11.4. The summed E-state index contributed by atoms with van der Waals surface area (Å²) < 4.78 is 0. The van der Waals surface area contributed by atoms with Crippen LogP contribution in [0.3, 0.4) is 0 Å². The van der Waals surface area contributed by atoms with Crippen molar-refractivity contribution in [2.45, 2.75) is 18.6 Å². The third-order valence-electron chi connectivity index (χ3n) is 3.32. The van der Waals surface area contributed by atoms with E-state index < -0.39 is 0 Å². The van der Waals surface area contributed by atoms with Gasteiger partial charge in [0.15, 0.2) is 0 Å². The zero-order chi connectivity index (χ0) is 14.0. The fourth-order valence-electron chi connectivity index (χ4n) is 2.52. The molecule has 4 N–H and O–H groups in total. The molecule has 19 heavy (non-hydrogen) atoms. The first kappa shape index (κ1) is 13.8. The summed E-state index contributed by atoms with van der Waals surface area (Å²) in [5.41, 5.74) is 6.84. The Morgan fingerprint density at radius 3 is 2.84 bits per heavy atom. The number of β-amino-alcohol motifs (C(OH)–C–C–N with tert-alkyl or cyclic N) is 1. The predicted molar refractivity (Wildman–Crippen MR) is 75.6 cm³/mol. The van der Waals surface area contributed by atoms with Crippen LogP contribution in [0.25, 0.3) is 0 Å². The second-order valence-electron chi connectivity index (χ2n) is 5.27. The van der Waals surface area contributed by atoms with Crippen LogP contribution in [0.4, 0.5) is 5.69 Å². The van der Waals surface area contributed by atoms with Crippen molar-refractivity contribution < 1.29 is 5.11 Å². The summed E-state index contributed by atoms with van der Waals surface area (Å²) in [7, 11) is 4.06. The van der Waals surface area contributed by atoms with Crippen LogP contribution in [-0.2, 0) is 0 Å². The molecule has 0 aromatic carbocycles. The van der Waals surface area contributed by atoms with Crippen molar-refractivity contribution in [2.75, 3.05) is 32.1 Å². The third kappa shape index (κ3) is 3.21. The van der Waals surface area contributed by atoms with Gasteiger partial charge < -0.3 is 20.6 Å². The number of hydrogen-bond donors (Lipinski definition) is 3. The Hall–Kier alpha value is -1.66. The number of amidine groups is 1. The number of nitrogens with one attached hydrogen (secondary N) is 1.